The van der Waals surface area contributed by atoms with Gasteiger partial charge in [-0.2, -0.15) is 13.2 Å². The molecule has 0 spiro atoms. The molecule has 0 saturated carbocycles. The van der Waals surface area contributed by atoms with Gasteiger partial charge >= 0.3 is 6.18 Å². The van der Waals surface area contributed by atoms with Crippen LogP contribution in [0.5, 0.6) is 0 Å². The van der Waals surface area contributed by atoms with Crippen LogP contribution in [-0.2, 0) is 11.0 Å². The fourth-order valence-corrected chi connectivity index (χ4v) is 1.66. The molecule has 1 unspecified atom stereocenters. The number of alkyl halides is 3. The zero-order valence-electron chi connectivity index (χ0n) is 10.7. The van der Waals surface area contributed by atoms with Crippen LogP contribution in [0.3, 0.4) is 0 Å². The number of hydrogen-bond acceptors (Lipinski definition) is 1. The summed E-state index contributed by atoms with van der Waals surface area (Å²) in [5.41, 5.74) is -1.10. The van der Waals surface area contributed by atoms with Gasteiger partial charge in [0.15, 0.2) is 0 Å². The second-order valence-corrected chi connectivity index (χ2v) is 6.88. The van der Waals surface area contributed by atoms with E-state index < -0.39 is 27.4 Å². The van der Waals surface area contributed by atoms with Crippen molar-refractivity contribution in [3.8, 4) is 11.8 Å². The molecule has 0 aliphatic rings. The summed E-state index contributed by atoms with van der Waals surface area (Å²) in [6.45, 7) is 8.42. The molecule has 0 bridgehead atoms. The minimum atomic E-state index is -4.53. The van der Waals surface area contributed by atoms with Gasteiger partial charge < -0.3 is 0 Å². The van der Waals surface area contributed by atoms with Gasteiger partial charge in [-0.25, -0.2) is 8.93 Å². The molecule has 0 saturated heterocycles. The predicted octanol–water partition coefficient (Wildman–Crippen LogP) is 2.77. The minimum Gasteiger partial charge on any atom is -0.242 e. The van der Waals surface area contributed by atoms with Crippen LogP contribution in [0.2, 0.25) is 0 Å². The third kappa shape index (κ3) is 6.69. The Balaban J connectivity index is 4.93. The Bertz CT molecular complexity index is 348. The highest BCUT2D eigenvalue weighted by atomic mass is 32.2. The van der Waals surface area contributed by atoms with E-state index in [0.717, 1.165) is 0 Å². The van der Waals surface area contributed by atoms with Crippen molar-refractivity contribution in [2.45, 2.75) is 57.5 Å². The quantitative estimate of drug-likeness (QED) is 0.784. The first-order chi connectivity index (χ1) is 7.40. The monoisotopic (exact) mass is 269 g/mol. The van der Waals surface area contributed by atoms with Gasteiger partial charge in [-0.3, -0.25) is 0 Å². The molecule has 0 radical (unpaired) electrons. The van der Waals surface area contributed by atoms with Crippen molar-refractivity contribution in [1.82, 2.24) is 4.72 Å². The van der Waals surface area contributed by atoms with E-state index in [2.05, 4.69) is 10.6 Å². The highest BCUT2D eigenvalue weighted by Crippen LogP contribution is 2.17. The highest BCUT2D eigenvalue weighted by Gasteiger charge is 2.30. The zero-order chi connectivity index (χ0) is 13.9. The summed E-state index contributed by atoms with van der Waals surface area (Å²) in [6, 6.07) is 0. The molecular weight excluding hydrogens is 251 g/mol. The van der Waals surface area contributed by atoms with E-state index >= 15 is 0 Å². The molecule has 0 aromatic carbocycles. The molecule has 0 amide bonds. The maximum absolute atomic E-state index is 12.0. The zero-order valence-corrected chi connectivity index (χ0v) is 11.5. The van der Waals surface area contributed by atoms with Gasteiger partial charge in [0.2, 0.25) is 0 Å². The SMILES string of the molecule is CC[C@@](C)(C#CC(F)(F)F)NS(=O)C(C)(C)C. The first kappa shape index (κ1) is 16.5. The van der Waals surface area contributed by atoms with Crippen molar-refractivity contribution in [1.29, 1.82) is 0 Å². The second kappa shape index (κ2) is 5.40. The molecule has 0 aromatic heterocycles. The summed E-state index contributed by atoms with van der Waals surface area (Å²) in [7, 11) is -1.45. The van der Waals surface area contributed by atoms with Crippen LogP contribution in [0.4, 0.5) is 13.2 Å². The van der Waals surface area contributed by atoms with Gasteiger partial charge in [0.1, 0.15) is 0 Å². The maximum Gasteiger partial charge on any atom is 0.457 e. The second-order valence-electron chi connectivity index (χ2n) is 4.92. The Morgan fingerprint density at radius 1 is 1.12 bits per heavy atom. The molecule has 0 aromatic rings. The van der Waals surface area contributed by atoms with Crippen LogP contribution in [0.15, 0.2) is 0 Å². The third-order valence-electron chi connectivity index (χ3n) is 2.06. The lowest BCUT2D eigenvalue weighted by Crippen LogP contribution is -2.47. The lowest BCUT2D eigenvalue weighted by molar-refractivity contribution is -0.0699. The van der Waals surface area contributed by atoms with Crippen LogP contribution in [0, 0.1) is 11.8 Å². The number of rotatable bonds is 3. The third-order valence-corrected chi connectivity index (χ3v) is 3.81. The maximum atomic E-state index is 12.0. The topological polar surface area (TPSA) is 29.1 Å². The van der Waals surface area contributed by atoms with Gasteiger partial charge in [0.25, 0.3) is 0 Å². The van der Waals surface area contributed by atoms with Crippen LogP contribution in [0.1, 0.15) is 41.0 Å². The van der Waals surface area contributed by atoms with E-state index in [-0.39, 0.29) is 0 Å². The van der Waals surface area contributed by atoms with Gasteiger partial charge in [0, 0.05) is 5.92 Å². The molecule has 17 heavy (non-hydrogen) atoms. The van der Waals surface area contributed by atoms with Crippen molar-refractivity contribution < 1.29 is 17.4 Å². The van der Waals surface area contributed by atoms with Gasteiger partial charge in [-0.05, 0) is 34.1 Å². The average molecular weight is 269 g/mol. The molecule has 0 rings (SSSR count). The van der Waals surface area contributed by atoms with E-state index in [9.17, 15) is 17.4 Å². The van der Waals surface area contributed by atoms with Crippen molar-refractivity contribution in [3.05, 3.63) is 0 Å². The summed E-state index contributed by atoms with van der Waals surface area (Å²) >= 11 is 0. The number of halogens is 3. The molecule has 0 heterocycles. The lowest BCUT2D eigenvalue weighted by atomic mass is 10.0. The predicted molar refractivity (Wildman–Crippen MR) is 63.6 cm³/mol. The number of hydrogen-bond donors (Lipinski definition) is 1. The first-order valence-corrected chi connectivity index (χ1v) is 6.35. The molecule has 2 atom stereocenters. The summed E-state index contributed by atoms with van der Waals surface area (Å²) in [5.74, 6) is 3.33. The largest absolute Gasteiger partial charge is 0.457 e. The molecule has 2 nitrogen and oxygen atoms in total. The standard InChI is InChI=1S/C11H18F3NOS/c1-6-10(5,7-8-11(12,13)14)15-17(16)9(2,3)4/h15H,6H2,1-5H3/t10-,17?/m0/s1. The Morgan fingerprint density at radius 2 is 1.59 bits per heavy atom. The Hall–Kier alpha value is -0.540. The molecular formula is C11H18F3NOS. The summed E-state index contributed by atoms with van der Waals surface area (Å²) in [5, 5.41) is 0. The average Bonchev–Trinajstić information content (AvgIpc) is 2.12. The van der Waals surface area contributed by atoms with Gasteiger partial charge in [-0.1, -0.05) is 12.8 Å². The van der Waals surface area contributed by atoms with E-state index in [1.54, 1.807) is 27.7 Å². The molecule has 6 heteroatoms. The van der Waals surface area contributed by atoms with E-state index in [0.29, 0.717) is 6.42 Å². The van der Waals surface area contributed by atoms with Gasteiger partial charge in [0.05, 0.1) is 21.3 Å². The summed E-state index contributed by atoms with van der Waals surface area (Å²) < 4.78 is 50.0. The van der Waals surface area contributed by atoms with Crippen LogP contribution >= 0.6 is 0 Å². The normalized spacial score (nSPS) is 17.9. The molecule has 100 valence electrons. The summed E-state index contributed by atoms with van der Waals surface area (Å²) in [4.78, 5) is 0. The highest BCUT2D eigenvalue weighted by molar-refractivity contribution is 7.84. The molecule has 0 aliphatic heterocycles. The van der Waals surface area contributed by atoms with Crippen LogP contribution < -0.4 is 4.72 Å². The molecule has 1 N–H and O–H groups in total. The van der Waals surface area contributed by atoms with E-state index in [4.69, 9.17) is 0 Å². The van der Waals surface area contributed by atoms with Crippen LogP contribution in [0.25, 0.3) is 0 Å². The Kier molecular flexibility index (Phi) is 5.23. The fraction of sp³-hybridized carbons (Fsp3) is 0.818. The van der Waals surface area contributed by atoms with Gasteiger partial charge in [-0.15, -0.1) is 0 Å². The fourth-order valence-electron chi connectivity index (χ4n) is 0.753. The lowest BCUT2D eigenvalue weighted by Gasteiger charge is -2.28. The van der Waals surface area contributed by atoms with Crippen molar-refractivity contribution in [3.63, 3.8) is 0 Å². The smallest absolute Gasteiger partial charge is 0.242 e. The first-order valence-electron chi connectivity index (χ1n) is 5.20. The van der Waals surface area contributed by atoms with E-state index in [1.165, 1.54) is 12.8 Å². The van der Waals surface area contributed by atoms with Crippen LogP contribution in [-0.4, -0.2) is 20.7 Å². The molecule has 0 aliphatic carbocycles. The van der Waals surface area contributed by atoms with E-state index in [1.807, 2.05) is 0 Å². The minimum absolute atomic E-state index is 0.331. The van der Waals surface area contributed by atoms with Crippen molar-refractivity contribution in [2.24, 2.45) is 0 Å². The van der Waals surface area contributed by atoms with Crippen molar-refractivity contribution in [2.75, 3.05) is 0 Å². The number of nitrogens with one attached hydrogen (secondary N) is 1. The molecule has 0 fully saturated rings. The Labute approximate surface area is 103 Å². The Morgan fingerprint density at radius 3 is 1.88 bits per heavy atom. The summed E-state index contributed by atoms with van der Waals surface area (Å²) in [6.07, 6.45) is -4.20. The van der Waals surface area contributed by atoms with Crippen molar-refractivity contribution >= 4 is 11.0 Å².